The SMILES string of the molecule is CCOC(=O)CC(=O)C1=CC2CC2C=C1. The summed E-state index contributed by atoms with van der Waals surface area (Å²) in [6, 6.07) is 0. The minimum absolute atomic E-state index is 0.130. The van der Waals surface area contributed by atoms with Gasteiger partial charge in [-0.05, 0) is 25.2 Å². The van der Waals surface area contributed by atoms with Gasteiger partial charge >= 0.3 is 5.97 Å². The fourth-order valence-electron chi connectivity index (χ4n) is 1.79. The zero-order valence-corrected chi connectivity index (χ0v) is 8.73. The second-order valence-corrected chi connectivity index (χ2v) is 3.95. The van der Waals surface area contributed by atoms with E-state index in [1.807, 2.05) is 12.2 Å². The minimum Gasteiger partial charge on any atom is -0.466 e. The smallest absolute Gasteiger partial charge is 0.313 e. The van der Waals surface area contributed by atoms with Gasteiger partial charge in [-0.25, -0.2) is 0 Å². The Morgan fingerprint density at radius 1 is 1.47 bits per heavy atom. The molecule has 2 atom stereocenters. The zero-order chi connectivity index (χ0) is 10.8. The molecular weight excluding hydrogens is 192 g/mol. The van der Waals surface area contributed by atoms with E-state index in [1.54, 1.807) is 6.92 Å². The number of ketones is 1. The van der Waals surface area contributed by atoms with Gasteiger partial charge in [0.05, 0.1) is 6.61 Å². The number of carbonyl (C=O) groups excluding carboxylic acids is 2. The highest BCUT2D eigenvalue weighted by Gasteiger charge is 2.36. The molecule has 0 radical (unpaired) electrons. The van der Waals surface area contributed by atoms with Crippen LogP contribution >= 0.6 is 0 Å². The summed E-state index contributed by atoms with van der Waals surface area (Å²) in [4.78, 5) is 22.7. The average molecular weight is 206 g/mol. The van der Waals surface area contributed by atoms with Crippen molar-refractivity contribution in [1.82, 2.24) is 0 Å². The second-order valence-electron chi connectivity index (χ2n) is 3.95. The van der Waals surface area contributed by atoms with E-state index in [-0.39, 0.29) is 12.2 Å². The maximum atomic E-state index is 11.6. The van der Waals surface area contributed by atoms with Crippen molar-refractivity contribution in [3.8, 4) is 0 Å². The Labute approximate surface area is 88.8 Å². The first-order valence-corrected chi connectivity index (χ1v) is 5.29. The molecule has 0 amide bonds. The highest BCUT2D eigenvalue weighted by Crippen LogP contribution is 2.44. The molecule has 0 aromatic rings. The third kappa shape index (κ3) is 2.35. The monoisotopic (exact) mass is 206 g/mol. The van der Waals surface area contributed by atoms with Gasteiger partial charge in [-0.1, -0.05) is 18.2 Å². The lowest BCUT2D eigenvalue weighted by Gasteiger charge is -2.05. The van der Waals surface area contributed by atoms with Crippen LogP contribution in [0.4, 0.5) is 0 Å². The normalized spacial score (nSPS) is 26.6. The summed E-state index contributed by atoms with van der Waals surface area (Å²) >= 11 is 0. The molecule has 2 aliphatic rings. The first-order valence-electron chi connectivity index (χ1n) is 5.29. The van der Waals surface area contributed by atoms with Crippen molar-refractivity contribution in [3.05, 3.63) is 23.8 Å². The van der Waals surface area contributed by atoms with E-state index in [0.717, 1.165) is 6.42 Å². The lowest BCUT2D eigenvalue weighted by molar-refractivity contribution is -0.144. The molecule has 0 spiro atoms. The molecule has 0 aromatic carbocycles. The van der Waals surface area contributed by atoms with Gasteiger partial charge in [-0.3, -0.25) is 9.59 Å². The number of hydrogen-bond acceptors (Lipinski definition) is 3. The minimum atomic E-state index is -0.435. The quantitative estimate of drug-likeness (QED) is 0.518. The second kappa shape index (κ2) is 4.01. The maximum absolute atomic E-state index is 11.6. The summed E-state index contributed by atoms with van der Waals surface area (Å²) in [5.41, 5.74) is 0.668. The molecular formula is C12H14O3. The van der Waals surface area contributed by atoms with Crippen LogP contribution in [0.3, 0.4) is 0 Å². The number of carbonyl (C=O) groups is 2. The summed E-state index contributed by atoms with van der Waals surface area (Å²) in [6.07, 6.45) is 6.87. The average Bonchev–Trinajstić information content (AvgIpc) is 2.95. The molecule has 2 aliphatic carbocycles. The summed E-state index contributed by atoms with van der Waals surface area (Å²) in [5, 5.41) is 0. The Morgan fingerprint density at radius 3 is 2.93 bits per heavy atom. The predicted molar refractivity (Wildman–Crippen MR) is 55.1 cm³/mol. The topological polar surface area (TPSA) is 43.4 Å². The van der Waals surface area contributed by atoms with Crippen LogP contribution in [0, 0.1) is 11.8 Å². The van der Waals surface area contributed by atoms with Gasteiger partial charge in [-0.2, -0.15) is 0 Å². The number of Topliss-reactive ketones (excluding diaryl/α,β-unsaturated/α-hetero) is 1. The molecule has 80 valence electrons. The molecule has 0 saturated heterocycles. The van der Waals surface area contributed by atoms with Crippen LogP contribution in [0.5, 0.6) is 0 Å². The van der Waals surface area contributed by atoms with Gasteiger partial charge in [0.2, 0.25) is 0 Å². The number of rotatable bonds is 4. The summed E-state index contributed by atoms with van der Waals surface area (Å²) in [7, 11) is 0. The highest BCUT2D eigenvalue weighted by molar-refractivity contribution is 6.07. The molecule has 3 heteroatoms. The standard InChI is InChI=1S/C12H14O3/c1-2-15-12(14)7-11(13)9-4-3-8-5-10(8)6-9/h3-4,6,8,10H,2,5,7H2,1H3. The number of fused-ring (bicyclic) bond motifs is 1. The largest absolute Gasteiger partial charge is 0.466 e. The first kappa shape index (κ1) is 10.1. The first-order chi connectivity index (χ1) is 7.20. The number of hydrogen-bond donors (Lipinski definition) is 0. The molecule has 1 fully saturated rings. The van der Waals surface area contributed by atoms with E-state index in [2.05, 4.69) is 6.08 Å². The van der Waals surface area contributed by atoms with E-state index in [0.29, 0.717) is 24.0 Å². The maximum Gasteiger partial charge on any atom is 0.313 e. The summed E-state index contributed by atoms with van der Waals surface area (Å²) in [5.74, 6) is 0.616. The zero-order valence-electron chi connectivity index (χ0n) is 8.73. The molecule has 2 unspecified atom stereocenters. The van der Waals surface area contributed by atoms with E-state index in [9.17, 15) is 9.59 Å². The van der Waals surface area contributed by atoms with Crippen molar-refractivity contribution < 1.29 is 14.3 Å². The van der Waals surface area contributed by atoms with Crippen molar-refractivity contribution >= 4 is 11.8 Å². The van der Waals surface area contributed by atoms with Crippen LogP contribution in [0.25, 0.3) is 0 Å². The van der Waals surface area contributed by atoms with Crippen LogP contribution in [-0.4, -0.2) is 18.4 Å². The summed E-state index contributed by atoms with van der Waals surface area (Å²) in [6.45, 7) is 2.06. The van der Waals surface area contributed by atoms with Gasteiger partial charge in [0.1, 0.15) is 6.42 Å². The van der Waals surface area contributed by atoms with Crippen LogP contribution < -0.4 is 0 Å². The Kier molecular flexibility index (Phi) is 2.71. The lowest BCUT2D eigenvalue weighted by atomic mass is 10.0. The van der Waals surface area contributed by atoms with E-state index in [1.165, 1.54) is 0 Å². The van der Waals surface area contributed by atoms with E-state index < -0.39 is 5.97 Å². The molecule has 1 saturated carbocycles. The number of allylic oxidation sites excluding steroid dienone is 4. The molecule has 0 aliphatic heterocycles. The lowest BCUT2D eigenvalue weighted by Crippen LogP contribution is -2.13. The Balaban J connectivity index is 1.91. The molecule has 0 N–H and O–H groups in total. The molecule has 15 heavy (non-hydrogen) atoms. The molecule has 2 rings (SSSR count). The van der Waals surface area contributed by atoms with Gasteiger partial charge in [0.15, 0.2) is 5.78 Å². The number of esters is 1. The van der Waals surface area contributed by atoms with Crippen molar-refractivity contribution in [3.63, 3.8) is 0 Å². The molecule has 0 bridgehead atoms. The third-order valence-electron chi connectivity index (χ3n) is 2.74. The van der Waals surface area contributed by atoms with Crippen LogP contribution in [-0.2, 0) is 14.3 Å². The Bertz CT molecular complexity index is 352. The Morgan fingerprint density at radius 2 is 2.27 bits per heavy atom. The van der Waals surface area contributed by atoms with Gasteiger partial charge in [0, 0.05) is 5.57 Å². The van der Waals surface area contributed by atoms with Crippen molar-refractivity contribution in [2.24, 2.45) is 11.8 Å². The third-order valence-corrected chi connectivity index (χ3v) is 2.74. The molecule has 3 nitrogen and oxygen atoms in total. The van der Waals surface area contributed by atoms with Crippen molar-refractivity contribution in [2.75, 3.05) is 6.61 Å². The van der Waals surface area contributed by atoms with Crippen molar-refractivity contribution in [1.29, 1.82) is 0 Å². The van der Waals surface area contributed by atoms with Gasteiger partial charge < -0.3 is 4.74 Å². The van der Waals surface area contributed by atoms with Gasteiger partial charge in [-0.15, -0.1) is 0 Å². The van der Waals surface area contributed by atoms with Crippen LogP contribution in [0.15, 0.2) is 23.8 Å². The van der Waals surface area contributed by atoms with Gasteiger partial charge in [0.25, 0.3) is 0 Å². The van der Waals surface area contributed by atoms with E-state index >= 15 is 0 Å². The van der Waals surface area contributed by atoms with Crippen molar-refractivity contribution in [2.45, 2.75) is 19.8 Å². The predicted octanol–water partition coefficient (Wildman–Crippen LogP) is 1.64. The molecule has 0 heterocycles. The molecule has 0 aromatic heterocycles. The number of ether oxygens (including phenoxy) is 1. The van der Waals surface area contributed by atoms with Crippen LogP contribution in [0.1, 0.15) is 19.8 Å². The summed E-state index contributed by atoms with van der Waals surface area (Å²) < 4.78 is 4.73. The Hall–Kier alpha value is -1.38. The fraction of sp³-hybridized carbons (Fsp3) is 0.500. The van der Waals surface area contributed by atoms with E-state index in [4.69, 9.17) is 4.74 Å². The van der Waals surface area contributed by atoms with Crippen LogP contribution in [0.2, 0.25) is 0 Å². The highest BCUT2D eigenvalue weighted by atomic mass is 16.5. The fourth-order valence-corrected chi connectivity index (χ4v) is 1.79.